The molecular formula is C13H24N4O2. The molecule has 0 spiro atoms. The van der Waals surface area contributed by atoms with Gasteiger partial charge in [0.1, 0.15) is 18.2 Å². The van der Waals surface area contributed by atoms with Gasteiger partial charge in [0, 0.05) is 12.5 Å². The second-order valence-electron chi connectivity index (χ2n) is 5.21. The van der Waals surface area contributed by atoms with E-state index in [1.54, 1.807) is 6.07 Å². The monoisotopic (exact) mass is 268 g/mol. The van der Waals surface area contributed by atoms with Gasteiger partial charge < -0.3 is 14.9 Å². The summed E-state index contributed by atoms with van der Waals surface area (Å²) in [6, 6.07) is 1.68. The number of aryl methyl sites for hydroxylation is 1. The molecule has 1 rings (SSSR count). The summed E-state index contributed by atoms with van der Waals surface area (Å²) in [7, 11) is 0. The van der Waals surface area contributed by atoms with Crippen LogP contribution in [0.4, 0.5) is 5.82 Å². The number of nitrogens with two attached hydrogens (primary N) is 1. The van der Waals surface area contributed by atoms with E-state index in [9.17, 15) is 0 Å². The minimum absolute atomic E-state index is 0.160. The van der Waals surface area contributed by atoms with Gasteiger partial charge in [0.25, 0.3) is 0 Å². The normalized spacial score (nSPS) is 11.4. The maximum Gasteiger partial charge on any atom is 0.218 e. The van der Waals surface area contributed by atoms with Crippen LogP contribution in [0, 0.1) is 0 Å². The summed E-state index contributed by atoms with van der Waals surface area (Å²) in [5.74, 6) is 7.18. The summed E-state index contributed by atoms with van der Waals surface area (Å²) in [6.07, 6.45) is 1.77. The maximum absolute atomic E-state index is 5.58. The molecule has 0 aromatic carbocycles. The van der Waals surface area contributed by atoms with Crippen LogP contribution in [0.2, 0.25) is 0 Å². The van der Waals surface area contributed by atoms with Crippen LogP contribution < -0.4 is 16.0 Å². The fraction of sp³-hybridized carbons (Fsp3) is 0.692. The van der Waals surface area contributed by atoms with Gasteiger partial charge in [0.15, 0.2) is 0 Å². The number of anilines is 1. The van der Waals surface area contributed by atoms with Crippen molar-refractivity contribution < 1.29 is 9.47 Å². The lowest BCUT2D eigenvalue weighted by atomic mass is 10.2. The van der Waals surface area contributed by atoms with E-state index < -0.39 is 0 Å². The standard InChI is InChI=1S/C13H24N4O2/c1-5-6-10-15-11(17-14)9-12(16-10)18-7-8-19-13(2,3)4/h9H,5-8,14H2,1-4H3,(H,15,16,17). The van der Waals surface area contributed by atoms with Crippen molar-refractivity contribution in [3.05, 3.63) is 11.9 Å². The van der Waals surface area contributed by atoms with Crippen LogP contribution in [-0.4, -0.2) is 28.8 Å². The lowest BCUT2D eigenvalue weighted by molar-refractivity contribution is -0.0168. The number of rotatable bonds is 7. The summed E-state index contributed by atoms with van der Waals surface area (Å²) >= 11 is 0. The number of nitrogens with one attached hydrogen (secondary N) is 1. The van der Waals surface area contributed by atoms with Gasteiger partial charge in [-0.05, 0) is 27.2 Å². The first-order valence-corrected chi connectivity index (χ1v) is 6.56. The predicted molar refractivity (Wildman–Crippen MR) is 75.0 cm³/mol. The Kier molecular flexibility index (Phi) is 5.98. The minimum atomic E-state index is -0.160. The summed E-state index contributed by atoms with van der Waals surface area (Å²) < 4.78 is 11.1. The molecule has 108 valence electrons. The van der Waals surface area contributed by atoms with E-state index in [4.69, 9.17) is 15.3 Å². The number of nitrogen functional groups attached to an aromatic ring is 1. The molecule has 19 heavy (non-hydrogen) atoms. The second-order valence-corrected chi connectivity index (χ2v) is 5.21. The van der Waals surface area contributed by atoms with Gasteiger partial charge in [-0.25, -0.2) is 10.8 Å². The van der Waals surface area contributed by atoms with Crippen LogP contribution >= 0.6 is 0 Å². The largest absolute Gasteiger partial charge is 0.475 e. The van der Waals surface area contributed by atoms with E-state index in [1.165, 1.54) is 0 Å². The van der Waals surface area contributed by atoms with E-state index in [-0.39, 0.29) is 5.60 Å². The molecule has 0 saturated heterocycles. The molecule has 0 bridgehead atoms. The van der Waals surface area contributed by atoms with Gasteiger partial charge >= 0.3 is 0 Å². The van der Waals surface area contributed by atoms with Gasteiger partial charge in [-0.3, -0.25) is 0 Å². The summed E-state index contributed by atoms with van der Waals surface area (Å²) in [5, 5.41) is 0. The van der Waals surface area contributed by atoms with Crippen molar-refractivity contribution in [1.82, 2.24) is 9.97 Å². The van der Waals surface area contributed by atoms with E-state index in [2.05, 4.69) is 22.3 Å². The van der Waals surface area contributed by atoms with Crippen LogP contribution in [0.3, 0.4) is 0 Å². The fourth-order valence-corrected chi connectivity index (χ4v) is 1.45. The van der Waals surface area contributed by atoms with Gasteiger partial charge in [0.2, 0.25) is 5.88 Å². The predicted octanol–water partition coefficient (Wildman–Crippen LogP) is 1.91. The zero-order chi connectivity index (χ0) is 14.3. The fourth-order valence-electron chi connectivity index (χ4n) is 1.45. The van der Waals surface area contributed by atoms with Gasteiger partial charge in [-0.15, -0.1) is 0 Å². The van der Waals surface area contributed by atoms with Gasteiger partial charge in [-0.2, -0.15) is 4.98 Å². The van der Waals surface area contributed by atoms with Crippen molar-refractivity contribution in [2.45, 2.75) is 46.1 Å². The number of hydrogen-bond donors (Lipinski definition) is 2. The Bertz CT molecular complexity index is 391. The highest BCUT2D eigenvalue weighted by atomic mass is 16.5. The Morgan fingerprint density at radius 2 is 2.00 bits per heavy atom. The highest BCUT2D eigenvalue weighted by molar-refractivity contribution is 5.36. The van der Waals surface area contributed by atoms with Crippen molar-refractivity contribution in [1.29, 1.82) is 0 Å². The quantitative estimate of drug-likeness (QED) is 0.446. The van der Waals surface area contributed by atoms with E-state index in [0.29, 0.717) is 24.9 Å². The van der Waals surface area contributed by atoms with Crippen LogP contribution in [0.5, 0.6) is 5.88 Å². The van der Waals surface area contributed by atoms with Gasteiger partial charge in [0.05, 0.1) is 12.2 Å². The number of hydrogen-bond acceptors (Lipinski definition) is 6. The highest BCUT2D eigenvalue weighted by Gasteiger charge is 2.10. The molecular weight excluding hydrogens is 244 g/mol. The second kappa shape index (κ2) is 7.25. The SMILES string of the molecule is CCCc1nc(NN)cc(OCCOC(C)(C)C)n1. The first kappa shape index (κ1) is 15.7. The molecule has 0 radical (unpaired) electrons. The van der Waals surface area contributed by atoms with E-state index in [0.717, 1.165) is 18.7 Å². The molecule has 6 heteroatoms. The molecule has 0 amide bonds. The summed E-state index contributed by atoms with van der Waals surface area (Å²) in [6.45, 7) is 9.06. The molecule has 0 aliphatic carbocycles. The lowest BCUT2D eigenvalue weighted by Crippen LogP contribution is -2.22. The van der Waals surface area contributed by atoms with E-state index >= 15 is 0 Å². The Labute approximate surface area is 114 Å². The molecule has 1 aromatic heterocycles. The molecule has 0 fully saturated rings. The highest BCUT2D eigenvalue weighted by Crippen LogP contribution is 2.14. The topological polar surface area (TPSA) is 82.3 Å². The lowest BCUT2D eigenvalue weighted by Gasteiger charge is -2.19. The van der Waals surface area contributed by atoms with Crippen molar-refractivity contribution in [3.63, 3.8) is 0 Å². The Morgan fingerprint density at radius 1 is 1.26 bits per heavy atom. The molecule has 0 aliphatic heterocycles. The maximum atomic E-state index is 5.58. The average Bonchev–Trinajstić information content (AvgIpc) is 2.34. The first-order valence-electron chi connectivity index (χ1n) is 6.56. The summed E-state index contributed by atoms with van der Waals surface area (Å²) in [5.41, 5.74) is 2.36. The summed E-state index contributed by atoms with van der Waals surface area (Å²) in [4.78, 5) is 8.57. The molecule has 1 heterocycles. The van der Waals surface area contributed by atoms with Crippen molar-refractivity contribution in [2.24, 2.45) is 5.84 Å². The molecule has 0 atom stereocenters. The Hall–Kier alpha value is -1.40. The van der Waals surface area contributed by atoms with Crippen LogP contribution in [0.15, 0.2) is 6.07 Å². The Morgan fingerprint density at radius 3 is 2.58 bits per heavy atom. The number of ether oxygens (including phenoxy) is 2. The number of hydrazine groups is 1. The molecule has 3 N–H and O–H groups in total. The number of nitrogens with zero attached hydrogens (tertiary/aromatic N) is 2. The molecule has 0 saturated carbocycles. The minimum Gasteiger partial charge on any atom is -0.475 e. The van der Waals surface area contributed by atoms with Crippen molar-refractivity contribution in [3.8, 4) is 5.88 Å². The van der Waals surface area contributed by atoms with Crippen LogP contribution in [0.1, 0.15) is 39.9 Å². The van der Waals surface area contributed by atoms with E-state index in [1.807, 2.05) is 20.8 Å². The molecule has 0 aliphatic rings. The third-order valence-electron chi connectivity index (χ3n) is 2.24. The van der Waals surface area contributed by atoms with Crippen LogP contribution in [0.25, 0.3) is 0 Å². The molecule has 1 aromatic rings. The zero-order valence-corrected chi connectivity index (χ0v) is 12.2. The average molecular weight is 268 g/mol. The third-order valence-corrected chi connectivity index (χ3v) is 2.24. The zero-order valence-electron chi connectivity index (χ0n) is 12.2. The Balaban J connectivity index is 2.54. The smallest absolute Gasteiger partial charge is 0.218 e. The number of aromatic nitrogens is 2. The van der Waals surface area contributed by atoms with Crippen LogP contribution in [-0.2, 0) is 11.2 Å². The third kappa shape index (κ3) is 6.35. The van der Waals surface area contributed by atoms with Gasteiger partial charge in [-0.1, -0.05) is 6.92 Å². The molecule has 0 unspecified atom stereocenters. The van der Waals surface area contributed by atoms with Crippen molar-refractivity contribution in [2.75, 3.05) is 18.6 Å². The molecule has 6 nitrogen and oxygen atoms in total. The van der Waals surface area contributed by atoms with Crippen molar-refractivity contribution >= 4 is 5.82 Å². The first-order chi connectivity index (χ1) is 8.94.